The van der Waals surface area contributed by atoms with Crippen LogP contribution in [0.25, 0.3) is 0 Å². The van der Waals surface area contributed by atoms with Crippen LogP contribution in [0.15, 0.2) is 36.4 Å². The van der Waals surface area contributed by atoms with Gasteiger partial charge in [0.25, 0.3) is 6.08 Å². The van der Waals surface area contributed by atoms with Crippen LogP contribution < -0.4 is 0 Å². The summed E-state index contributed by atoms with van der Waals surface area (Å²) in [6.45, 7) is 0.447. The first-order chi connectivity index (χ1) is 9.13. The molecule has 0 N–H and O–H groups in total. The predicted octanol–water partition coefficient (Wildman–Crippen LogP) is 4.68. The molecule has 0 amide bonds. The predicted molar refractivity (Wildman–Crippen MR) is 67.2 cm³/mol. The average Bonchev–Trinajstić information content (AvgIpc) is 2.39. The van der Waals surface area contributed by atoms with Gasteiger partial charge in [-0.25, -0.2) is 4.39 Å². The Labute approximate surface area is 111 Å². The minimum absolute atomic E-state index is 0.0179. The summed E-state index contributed by atoms with van der Waals surface area (Å²) in [5.74, 6) is -0.278. The highest BCUT2D eigenvalue weighted by Crippen LogP contribution is 2.28. The Morgan fingerprint density at radius 2 is 1.74 bits per heavy atom. The van der Waals surface area contributed by atoms with E-state index in [1.165, 1.54) is 12.1 Å². The number of benzene rings is 1. The highest BCUT2D eigenvalue weighted by Gasteiger charge is 2.20. The molecule has 1 saturated carbocycles. The van der Waals surface area contributed by atoms with E-state index in [-0.39, 0.29) is 17.8 Å². The zero-order valence-electron chi connectivity index (χ0n) is 10.6. The maximum absolute atomic E-state index is 12.7. The zero-order chi connectivity index (χ0) is 13.7. The number of allylic oxidation sites excluding steroid dienone is 1. The van der Waals surface area contributed by atoms with Gasteiger partial charge in [-0.3, -0.25) is 0 Å². The lowest BCUT2D eigenvalue weighted by atomic mass is 9.87. The molecule has 0 radical (unpaired) electrons. The molecule has 0 saturated heterocycles. The lowest BCUT2D eigenvalue weighted by molar-refractivity contribution is 0.0107. The van der Waals surface area contributed by atoms with Gasteiger partial charge in [-0.05, 0) is 55.4 Å². The first-order valence-corrected chi connectivity index (χ1v) is 6.52. The van der Waals surface area contributed by atoms with Crippen molar-refractivity contribution in [2.45, 2.75) is 38.4 Å². The minimum Gasteiger partial charge on any atom is -0.374 e. The quantitative estimate of drug-likeness (QED) is 0.771. The molecule has 19 heavy (non-hydrogen) atoms. The summed E-state index contributed by atoms with van der Waals surface area (Å²) >= 11 is 0. The van der Waals surface area contributed by atoms with Crippen molar-refractivity contribution >= 4 is 0 Å². The second kappa shape index (κ2) is 6.75. The molecule has 0 aromatic heterocycles. The summed E-state index contributed by atoms with van der Waals surface area (Å²) in [6.07, 6.45) is 2.67. The number of halogens is 3. The largest absolute Gasteiger partial charge is 0.374 e. The van der Waals surface area contributed by atoms with Gasteiger partial charge in [0, 0.05) is 0 Å². The Hall–Kier alpha value is -1.29. The van der Waals surface area contributed by atoms with E-state index in [9.17, 15) is 13.2 Å². The molecule has 1 aromatic carbocycles. The molecular formula is C15H17F3O. The third kappa shape index (κ3) is 4.71. The monoisotopic (exact) mass is 270 g/mol. The van der Waals surface area contributed by atoms with Gasteiger partial charge in [-0.1, -0.05) is 12.1 Å². The molecule has 0 spiro atoms. The number of rotatable bonds is 4. The van der Waals surface area contributed by atoms with Crippen molar-refractivity contribution in [1.29, 1.82) is 0 Å². The van der Waals surface area contributed by atoms with Crippen LogP contribution in [0.2, 0.25) is 0 Å². The molecule has 104 valence electrons. The van der Waals surface area contributed by atoms with Crippen LogP contribution in [0.3, 0.4) is 0 Å². The van der Waals surface area contributed by atoms with Crippen LogP contribution in [0.1, 0.15) is 31.2 Å². The smallest absolute Gasteiger partial charge is 0.266 e. The topological polar surface area (TPSA) is 9.23 Å². The first-order valence-electron chi connectivity index (χ1n) is 6.52. The maximum atomic E-state index is 12.7. The molecule has 0 heterocycles. The van der Waals surface area contributed by atoms with E-state index in [2.05, 4.69) is 0 Å². The molecule has 2 rings (SSSR count). The lowest BCUT2D eigenvalue weighted by Gasteiger charge is -2.26. The van der Waals surface area contributed by atoms with E-state index < -0.39 is 6.08 Å². The van der Waals surface area contributed by atoms with E-state index in [4.69, 9.17) is 4.74 Å². The van der Waals surface area contributed by atoms with Gasteiger partial charge < -0.3 is 4.74 Å². The molecular weight excluding hydrogens is 253 g/mol. The second-order valence-corrected chi connectivity index (χ2v) is 4.93. The summed E-state index contributed by atoms with van der Waals surface area (Å²) in [5, 5.41) is 0. The van der Waals surface area contributed by atoms with Crippen molar-refractivity contribution in [1.82, 2.24) is 0 Å². The van der Waals surface area contributed by atoms with Crippen molar-refractivity contribution in [3.05, 3.63) is 47.8 Å². The van der Waals surface area contributed by atoms with Crippen LogP contribution >= 0.6 is 0 Å². The van der Waals surface area contributed by atoms with Gasteiger partial charge >= 0.3 is 0 Å². The van der Waals surface area contributed by atoms with E-state index in [0.717, 1.165) is 37.3 Å². The SMILES string of the molecule is FC(F)=CC1CCC(OCc2ccc(F)cc2)CC1. The van der Waals surface area contributed by atoms with Gasteiger partial charge in [0.2, 0.25) is 0 Å². The van der Waals surface area contributed by atoms with E-state index in [1.54, 1.807) is 12.1 Å². The zero-order valence-corrected chi connectivity index (χ0v) is 10.6. The van der Waals surface area contributed by atoms with Crippen molar-refractivity contribution < 1.29 is 17.9 Å². The van der Waals surface area contributed by atoms with Crippen LogP contribution in [0.5, 0.6) is 0 Å². The van der Waals surface area contributed by atoms with Gasteiger partial charge in [0.05, 0.1) is 12.7 Å². The fourth-order valence-electron chi connectivity index (χ4n) is 2.39. The van der Waals surface area contributed by atoms with Crippen molar-refractivity contribution in [2.75, 3.05) is 0 Å². The van der Waals surface area contributed by atoms with E-state index in [1.807, 2.05) is 0 Å². The fraction of sp³-hybridized carbons (Fsp3) is 0.467. The van der Waals surface area contributed by atoms with Gasteiger partial charge in [0.15, 0.2) is 0 Å². The molecule has 1 nitrogen and oxygen atoms in total. The number of ether oxygens (including phenoxy) is 1. The molecule has 0 unspecified atom stereocenters. The number of hydrogen-bond acceptors (Lipinski definition) is 1. The Kier molecular flexibility index (Phi) is 5.02. The van der Waals surface area contributed by atoms with Gasteiger partial charge in [-0.2, -0.15) is 8.78 Å². The van der Waals surface area contributed by atoms with Crippen molar-refractivity contribution in [3.8, 4) is 0 Å². The Morgan fingerprint density at radius 3 is 2.32 bits per heavy atom. The lowest BCUT2D eigenvalue weighted by Crippen LogP contribution is -2.20. The third-order valence-corrected chi connectivity index (χ3v) is 3.48. The van der Waals surface area contributed by atoms with E-state index in [0.29, 0.717) is 6.61 Å². The molecule has 1 aliphatic carbocycles. The Bertz CT molecular complexity index is 416. The Balaban J connectivity index is 1.74. The minimum atomic E-state index is -1.59. The standard InChI is InChI=1S/C15H17F3O/c16-13-5-1-12(2-6-13)10-19-14-7-3-11(4-8-14)9-15(17)18/h1-2,5-6,9,11,14H,3-4,7-8,10H2. The van der Waals surface area contributed by atoms with Crippen molar-refractivity contribution in [2.24, 2.45) is 5.92 Å². The van der Waals surface area contributed by atoms with Gasteiger partial charge in [-0.15, -0.1) is 0 Å². The van der Waals surface area contributed by atoms with Crippen LogP contribution in [0.4, 0.5) is 13.2 Å². The summed E-state index contributed by atoms with van der Waals surface area (Å²) in [6, 6.07) is 6.21. The molecule has 0 aliphatic heterocycles. The van der Waals surface area contributed by atoms with Crippen LogP contribution in [-0.2, 0) is 11.3 Å². The Morgan fingerprint density at radius 1 is 1.11 bits per heavy atom. The molecule has 0 bridgehead atoms. The number of hydrogen-bond donors (Lipinski definition) is 0. The summed E-state index contributed by atoms with van der Waals surface area (Å²) < 4.78 is 42.7. The highest BCUT2D eigenvalue weighted by atomic mass is 19.3. The maximum Gasteiger partial charge on any atom is 0.266 e. The highest BCUT2D eigenvalue weighted by molar-refractivity contribution is 5.15. The third-order valence-electron chi connectivity index (χ3n) is 3.48. The normalized spacial score (nSPS) is 23.1. The fourth-order valence-corrected chi connectivity index (χ4v) is 2.39. The molecule has 1 aromatic rings. The summed E-state index contributed by atoms with van der Waals surface area (Å²) in [4.78, 5) is 0. The summed E-state index contributed by atoms with van der Waals surface area (Å²) in [7, 11) is 0. The molecule has 4 heteroatoms. The summed E-state index contributed by atoms with van der Waals surface area (Å²) in [5.41, 5.74) is 0.929. The second-order valence-electron chi connectivity index (χ2n) is 4.93. The molecule has 0 atom stereocenters. The first kappa shape index (κ1) is 14.1. The van der Waals surface area contributed by atoms with Crippen molar-refractivity contribution in [3.63, 3.8) is 0 Å². The van der Waals surface area contributed by atoms with Crippen LogP contribution in [0, 0.1) is 11.7 Å². The van der Waals surface area contributed by atoms with Gasteiger partial charge in [0.1, 0.15) is 5.82 Å². The van der Waals surface area contributed by atoms with Crippen LogP contribution in [-0.4, -0.2) is 6.10 Å². The average molecular weight is 270 g/mol. The van der Waals surface area contributed by atoms with E-state index >= 15 is 0 Å². The molecule has 1 aliphatic rings. The molecule has 1 fully saturated rings.